The van der Waals surface area contributed by atoms with Crippen molar-refractivity contribution < 1.29 is 13.5 Å². The number of halogens is 2. The third-order valence-corrected chi connectivity index (χ3v) is 2.78. The largest absolute Gasteiger partial charge is 0.481 e. The fraction of sp³-hybridized carbons (Fsp3) is 0.200. The Morgan fingerprint density at radius 2 is 1.53 bits per heavy atom. The SMILES string of the molecule is CC(N)C(Oc1ccccc1F)c1ccccc1F. The lowest BCUT2D eigenvalue weighted by Gasteiger charge is -2.23. The standard InChI is InChI=1S/C15H15F2NO/c1-10(18)15(11-6-2-3-7-12(11)16)19-14-9-5-4-8-13(14)17/h2-10,15H,18H2,1H3. The zero-order valence-electron chi connectivity index (χ0n) is 10.5. The molecule has 0 saturated heterocycles. The van der Waals surface area contributed by atoms with Crippen molar-refractivity contribution >= 4 is 0 Å². The molecule has 4 heteroatoms. The number of nitrogens with two attached hydrogens (primary N) is 1. The summed E-state index contributed by atoms with van der Waals surface area (Å²) in [4.78, 5) is 0. The van der Waals surface area contributed by atoms with Gasteiger partial charge in [0.2, 0.25) is 0 Å². The molecule has 0 fully saturated rings. The number of hydrogen-bond acceptors (Lipinski definition) is 2. The molecule has 0 aliphatic rings. The van der Waals surface area contributed by atoms with Crippen molar-refractivity contribution in [3.05, 3.63) is 65.7 Å². The first-order valence-corrected chi connectivity index (χ1v) is 6.01. The Morgan fingerprint density at radius 3 is 2.11 bits per heavy atom. The monoisotopic (exact) mass is 263 g/mol. The van der Waals surface area contributed by atoms with Crippen molar-refractivity contribution in [3.63, 3.8) is 0 Å². The summed E-state index contributed by atoms with van der Waals surface area (Å²) in [6, 6.07) is 11.7. The lowest BCUT2D eigenvalue weighted by molar-refractivity contribution is 0.168. The predicted octanol–water partition coefficient (Wildman–Crippen LogP) is 3.43. The summed E-state index contributed by atoms with van der Waals surface area (Å²) in [5, 5.41) is 0. The Morgan fingerprint density at radius 1 is 0.947 bits per heavy atom. The van der Waals surface area contributed by atoms with Gasteiger partial charge >= 0.3 is 0 Å². The maximum atomic E-state index is 13.8. The second-order valence-electron chi connectivity index (χ2n) is 4.35. The van der Waals surface area contributed by atoms with Crippen LogP contribution < -0.4 is 10.5 Å². The molecule has 0 amide bonds. The summed E-state index contributed by atoms with van der Waals surface area (Å²) >= 11 is 0. The van der Waals surface area contributed by atoms with Crippen molar-refractivity contribution in [2.24, 2.45) is 5.73 Å². The topological polar surface area (TPSA) is 35.2 Å². The maximum absolute atomic E-state index is 13.8. The molecular weight excluding hydrogens is 248 g/mol. The van der Waals surface area contributed by atoms with Crippen LogP contribution in [0, 0.1) is 11.6 Å². The van der Waals surface area contributed by atoms with E-state index in [0.29, 0.717) is 5.56 Å². The molecule has 2 atom stereocenters. The maximum Gasteiger partial charge on any atom is 0.165 e. The van der Waals surface area contributed by atoms with E-state index >= 15 is 0 Å². The van der Waals surface area contributed by atoms with Gasteiger partial charge in [-0.25, -0.2) is 8.78 Å². The van der Waals surface area contributed by atoms with Crippen LogP contribution in [0.5, 0.6) is 5.75 Å². The highest BCUT2D eigenvalue weighted by molar-refractivity contribution is 5.27. The van der Waals surface area contributed by atoms with Gasteiger partial charge in [0.15, 0.2) is 11.6 Å². The normalized spacial score (nSPS) is 13.9. The third-order valence-electron chi connectivity index (χ3n) is 2.78. The number of para-hydroxylation sites is 1. The Labute approximate surface area is 110 Å². The van der Waals surface area contributed by atoms with E-state index in [1.807, 2.05) is 0 Å². The molecule has 0 aromatic heterocycles. The van der Waals surface area contributed by atoms with E-state index in [2.05, 4.69) is 0 Å². The number of benzene rings is 2. The highest BCUT2D eigenvalue weighted by Crippen LogP contribution is 2.27. The van der Waals surface area contributed by atoms with Crippen LogP contribution in [0.15, 0.2) is 48.5 Å². The van der Waals surface area contributed by atoms with Gasteiger partial charge in [-0.2, -0.15) is 0 Å². The van der Waals surface area contributed by atoms with Gasteiger partial charge in [-0.3, -0.25) is 0 Å². The first-order chi connectivity index (χ1) is 9.09. The predicted molar refractivity (Wildman–Crippen MR) is 69.8 cm³/mol. The zero-order valence-corrected chi connectivity index (χ0v) is 10.5. The summed E-state index contributed by atoms with van der Waals surface area (Å²) in [7, 11) is 0. The van der Waals surface area contributed by atoms with Gasteiger partial charge in [0.25, 0.3) is 0 Å². The van der Waals surface area contributed by atoms with Gasteiger partial charge in [-0.15, -0.1) is 0 Å². The van der Waals surface area contributed by atoms with Crippen LogP contribution in [0.4, 0.5) is 8.78 Å². The van der Waals surface area contributed by atoms with Crippen LogP contribution in [0.25, 0.3) is 0 Å². The van der Waals surface area contributed by atoms with Gasteiger partial charge in [-0.05, 0) is 25.1 Å². The fourth-order valence-corrected chi connectivity index (χ4v) is 1.84. The molecule has 100 valence electrons. The van der Waals surface area contributed by atoms with Gasteiger partial charge in [-0.1, -0.05) is 30.3 Å². The van der Waals surface area contributed by atoms with Crippen LogP contribution in [0.1, 0.15) is 18.6 Å². The number of hydrogen-bond donors (Lipinski definition) is 1. The molecule has 0 saturated carbocycles. The lowest BCUT2D eigenvalue weighted by atomic mass is 10.0. The number of rotatable bonds is 4. The molecule has 2 N–H and O–H groups in total. The summed E-state index contributed by atoms with van der Waals surface area (Å²) < 4.78 is 32.9. The van der Waals surface area contributed by atoms with Crippen LogP contribution in [0.3, 0.4) is 0 Å². The quantitative estimate of drug-likeness (QED) is 0.917. The molecule has 0 heterocycles. The van der Waals surface area contributed by atoms with Crippen LogP contribution >= 0.6 is 0 Å². The zero-order chi connectivity index (χ0) is 13.8. The molecule has 2 aromatic rings. The number of ether oxygens (including phenoxy) is 1. The summed E-state index contributed by atoms with van der Waals surface area (Å²) in [6.45, 7) is 1.69. The van der Waals surface area contributed by atoms with E-state index in [0.717, 1.165) is 0 Å². The average Bonchev–Trinajstić information content (AvgIpc) is 2.38. The molecule has 19 heavy (non-hydrogen) atoms. The molecule has 0 aliphatic carbocycles. The smallest absolute Gasteiger partial charge is 0.165 e. The van der Waals surface area contributed by atoms with Crippen molar-refractivity contribution in [1.82, 2.24) is 0 Å². The van der Waals surface area contributed by atoms with Gasteiger partial charge < -0.3 is 10.5 Å². The van der Waals surface area contributed by atoms with E-state index in [1.165, 1.54) is 18.2 Å². The molecule has 0 aliphatic heterocycles. The van der Waals surface area contributed by atoms with E-state index in [4.69, 9.17) is 10.5 Å². The molecule has 2 aromatic carbocycles. The molecule has 2 rings (SSSR count). The summed E-state index contributed by atoms with van der Waals surface area (Å²) in [5.74, 6) is -0.848. The fourth-order valence-electron chi connectivity index (χ4n) is 1.84. The Bertz CT molecular complexity index is 557. The van der Waals surface area contributed by atoms with Gasteiger partial charge in [0.05, 0.1) is 0 Å². The molecule has 2 nitrogen and oxygen atoms in total. The Balaban J connectivity index is 2.33. The van der Waals surface area contributed by atoms with Crippen LogP contribution in [-0.4, -0.2) is 6.04 Å². The highest BCUT2D eigenvalue weighted by atomic mass is 19.1. The van der Waals surface area contributed by atoms with Crippen molar-refractivity contribution in [2.45, 2.75) is 19.1 Å². The second kappa shape index (κ2) is 5.80. The first-order valence-electron chi connectivity index (χ1n) is 6.01. The minimum Gasteiger partial charge on any atom is -0.481 e. The minimum absolute atomic E-state index is 0.0630. The van der Waals surface area contributed by atoms with Crippen molar-refractivity contribution in [3.8, 4) is 5.75 Å². The van der Waals surface area contributed by atoms with E-state index in [1.54, 1.807) is 37.3 Å². The van der Waals surface area contributed by atoms with E-state index < -0.39 is 23.8 Å². The summed E-state index contributed by atoms with van der Waals surface area (Å²) in [6.07, 6.45) is -0.738. The first kappa shape index (κ1) is 13.5. The summed E-state index contributed by atoms with van der Waals surface area (Å²) in [5.41, 5.74) is 6.14. The highest BCUT2D eigenvalue weighted by Gasteiger charge is 2.22. The Hall–Kier alpha value is -1.94. The van der Waals surface area contributed by atoms with E-state index in [9.17, 15) is 8.78 Å². The second-order valence-corrected chi connectivity index (χ2v) is 4.35. The molecular formula is C15H15F2NO. The third kappa shape index (κ3) is 3.09. The van der Waals surface area contributed by atoms with Gasteiger partial charge in [0.1, 0.15) is 11.9 Å². The average molecular weight is 263 g/mol. The lowest BCUT2D eigenvalue weighted by Crippen LogP contribution is -2.30. The van der Waals surface area contributed by atoms with E-state index in [-0.39, 0.29) is 5.75 Å². The van der Waals surface area contributed by atoms with Crippen molar-refractivity contribution in [1.29, 1.82) is 0 Å². The molecule has 0 spiro atoms. The Kier molecular flexibility index (Phi) is 4.12. The molecule has 0 radical (unpaired) electrons. The molecule has 0 bridgehead atoms. The van der Waals surface area contributed by atoms with Crippen LogP contribution in [0.2, 0.25) is 0 Å². The minimum atomic E-state index is -0.738. The van der Waals surface area contributed by atoms with Crippen LogP contribution in [-0.2, 0) is 0 Å². The van der Waals surface area contributed by atoms with Gasteiger partial charge in [0, 0.05) is 11.6 Å². The molecule has 2 unspecified atom stereocenters. The van der Waals surface area contributed by atoms with Crippen molar-refractivity contribution in [2.75, 3.05) is 0 Å².